The summed E-state index contributed by atoms with van der Waals surface area (Å²) in [5.74, 6) is 0.858. The molecule has 1 aromatic rings. The van der Waals surface area contributed by atoms with Gasteiger partial charge < -0.3 is 10.2 Å². The van der Waals surface area contributed by atoms with E-state index < -0.39 is 0 Å². The third-order valence-corrected chi connectivity index (χ3v) is 5.08. The highest BCUT2D eigenvalue weighted by Crippen LogP contribution is 2.24. The van der Waals surface area contributed by atoms with Crippen LogP contribution in [0.15, 0.2) is 6.07 Å². The second-order valence-corrected chi connectivity index (χ2v) is 8.86. The topological polar surface area (TPSA) is 64.3 Å². The number of rotatable bonds is 9. The first-order chi connectivity index (χ1) is 12.2. The van der Waals surface area contributed by atoms with Gasteiger partial charge in [-0.1, -0.05) is 27.7 Å². The molecule has 2 heterocycles. The molecule has 2 N–H and O–H groups in total. The molecule has 0 radical (unpaired) electrons. The molecule has 1 aliphatic heterocycles. The van der Waals surface area contributed by atoms with E-state index in [1.807, 2.05) is 4.90 Å². The summed E-state index contributed by atoms with van der Waals surface area (Å²) in [6, 6.07) is 2.19. The van der Waals surface area contributed by atoms with E-state index in [1.165, 1.54) is 5.69 Å². The average Bonchev–Trinajstić information content (AvgIpc) is 3.01. The van der Waals surface area contributed by atoms with Crippen molar-refractivity contribution >= 4 is 5.91 Å². The number of aromatic amines is 1. The monoisotopic (exact) mass is 363 g/mol. The second-order valence-electron chi connectivity index (χ2n) is 8.86. The Kier molecular flexibility index (Phi) is 7.65. The zero-order valence-electron chi connectivity index (χ0n) is 17.3. The molecule has 6 heteroatoms. The summed E-state index contributed by atoms with van der Waals surface area (Å²) in [7, 11) is 0. The molecular formula is C20H37N5O. The highest BCUT2D eigenvalue weighted by Gasteiger charge is 2.25. The molecule has 6 nitrogen and oxygen atoms in total. The first kappa shape index (κ1) is 20.9. The predicted octanol–water partition coefficient (Wildman–Crippen LogP) is 2.28. The van der Waals surface area contributed by atoms with Gasteiger partial charge in [0.25, 0.3) is 0 Å². The minimum absolute atomic E-state index is 0.195. The number of piperazine rings is 1. The van der Waals surface area contributed by atoms with E-state index in [4.69, 9.17) is 0 Å². The van der Waals surface area contributed by atoms with Crippen molar-refractivity contribution in [2.24, 2.45) is 11.3 Å². The second kappa shape index (κ2) is 9.51. The van der Waals surface area contributed by atoms with Crippen molar-refractivity contribution in [3.8, 4) is 0 Å². The van der Waals surface area contributed by atoms with Gasteiger partial charge in [0.2, 0.25) is 5.91 Å². The molecule has 1 fully saturated rings. The van der Waals surface area contributed by atoms with E-state index in [1.54, 1.807) is 6.92 Å². The Balaban J connectivity index is 1.72. The van der Waals surface area contributed by atoms with E-state index in [2.05, 4.69) is 54.2 Å². The molecule has 1 aromatic heterocycles. The van der Waals surface area contributed by atoms with E-state index in [0.717, 1.165) is 64.3 Å². The molecule has 26 heavy (non-hydrogen) atoms. The fraction of sp³-hybridized carbons (Fsp3) is 0.800. The van der Waals surface area contributed by atoms with Gasteiger partial charge in [0.05, 0.1) is 5.69 Å². The molecule has 148 valence electrons. The standard InChI is InChI=1S/C20H37N5O/c1-16(2)13-21-14-19-12-18(22-23-19)6-7-20(4,5)15-24-8-10-25(11-9-24)17(3)26/h12,16,21H,6-11,13-15H2,1-5H3,(H,22,23). The fourth-order valence-electron chi connectivity index (χ4n) is 3.50. The van der Waals surface area contributed by atoms with E-state index in [0.29, 0.717) is 5.92 Å². The number of aromatic nitrogens is 2. The van der Waals surface area contributed by atoms with Crippen molar-refractivity contribution in [1.82, 2.24) is 25.3 Å². The quantitative estimate of drug-likeness (QED) is 0.706. The van der Waals surface area contributed by atoms with Crippen LogP contribution in [-0.2, 0) is 17.8 Å². The van der Waals surface area contributed by atoms with Gasteiger partial charge in [-0.2, -0.15) is 5.10 Å². The van der Waals surface area contributed by atoms with E-state index >= 15 is 0 Å². The Morgan fingerprint density at radius 2 is 2.00 bits per heavy atom. The fourth-order valence-corrected chi connectivity index (χ4v) is 3.50. The van der Waals surface area contributed by atoms with Crippen molar-refractivity contribution < 1.29 is 4.79 Å². The Labute approximate surface area is 158 Å². The number of nitrogens with zero attached hydrogens (tertiary/aromatic N) is 3. The minimum Gasteiger partial charge on any atom is -0.340 e. The van der Waals surface area contributed by atoms with Gasteiger partial charge in [0.15, 0.2) is 0 Å². The Bertz CT molecular complexity index is 558. The molecule has 2 rings (SSSR count). The van der Waals surface area contributed by atoms with Gasteiger partial charge in [0, 0.05) is 51.9 Å². The van der Waals surface area contributed by atoms with Gasteiger partial charge in [-0.25, -0.2) is 0 Å². The predicted molar refractivity (Wildman–Crippen MR) is 106 cm³/mol. The number of aryl methyl sites for hydroxylation is 1. The number of hydrogen-bond donors (Lipinski definition) is 2. The van der Waals surface area contributed by atoms with Crippen LogP contribution < -0.4 is 5.32 Å². The van der Waals surface area contributed by atoms with Gasteiger partial charge in [-0.3, -0.25) is 14.8 Å². The molecule has 1 amide bonds. The van der Waals surface area contributed by atoms with Crippen molar-refractivity contribution in [3.63, 3.8) is 0 Å². The summed E-state index contributed by atoms with van der Waals surface area (Å²) in [4.78, 5) is 15.9. The zero-order valence-corrected chi connectivity index (χ0v) is 17.3. The number of carbonyl (C=O) groups is 1. The summed E-state index contributed by atoms with van der Waals surface area (Å²) in [6.45, 7) is 17.4. The smallest absolute Gasteiger partial charge is 0.219 e. The highest BCUT2D eigenvalue weighted by molar-refractivity contribution is 5.73. The Hall–Kier alpha value is -1.40. The summed E-state index contributed by atoms with van der Waals surface area (Å²) in [6.07, 6.45) is 2.12. The van der Waals surface area contributed by atoms with Crippen LogP contribution >= 0.6 is 0 Å². The van der Waals surface area contributed by atoms with Crippen LogP contribution in [0.1, 0.15) is 52.4 Å². The first-order valence-electron chi connectivity index (χ1n) is 9.97. The van der Waals surface area contributed by atoms with E-state index in [-0.39, 0.29) is 11.3 Å². The highest BCUT2D eigenvalue weighted by atomic mass is 16.2. The first-order valence-corrected chi connectivity index (χ1v) is 9.97. The van der Waals surface area contributed by atoms with Crippen LogP contribution in [0, 0.1) is 11.3 Å². The van der Waals surface area contributed by atoms with Gasteiger partial charge in [-0.15, -0.1) is 0 Å². The summed E-state index contributed by atoms with van der Waals surface area (Å²) >= 11 is 0. The van der Waals surface area contributed by atoms with Gasteiger partial charge in [-0.05, 0) is 36.8 Å². The summed E-state index contributed by atoms with van der Waals surface area (Å²) in [5.41, 5.74) is 2.56. The lowest BCUT2D eigenvalue weighted by Gasteiger charge is -2.38. The van der Waals surface area contributed by atoms with Gasteiger partial charge in [0.1, 0.15) is 0 Å². The zero-order chi connectivity index (χ0) is 19.2. The lowest BCUT2D eigenvalue weighted by Crippen LogP contribution is -2.50. The molecule has 0 unspecified atom stereocenters. The molecular weight excluding hydrogens is 326 g/mol. The van der Waals surface area contributed by atoms with Crippen molar-refractivity contribution in [3.05, 3.63) is 17.5 Å². The van der Waals surface area contributed by atoms with Crippen LogP contribution in [0.2, 0.25) is 0 Å². The number of nitrogens with one attached hydrogen (secondary N) is 2. The molecule has 0 aliphatic carbocycles. The minimum atomic E-state index is 0.195. The maximum absolute atomic E-state index is 11.4. The number of carbonyl (C=O) groups excluding carboxylic acids is 1. The SMILES string of the molecule is CC(=O)N1CCN(CC(C)(C)CCc2cc(CNCC(C)C)[nH]n2)CC1. The third-order valence-electron chi connectivity index (χ3n) is 5.08. The summed E-state index contributed by atoms with van der Waals surface area (Å²) < 4.78 is 0. The maximum atomic E-state index is 11.4. The molecule has 0 saturated carbocycles. The lowest BCUT2D eigenvalue weighted by atomic mass is 9.86. The number of amides is 1. The molecule has 0 bridgehead atoms. The molecule has 0 aromatic carbocycles. The molecule has 0 atom stereocenters. The number of hydrogen-bond acceptors (Lipinski definition) is 4. The molecule has 1 saturated heterocycles. The Morgan fingerprint density at radius 1 is 1.31 bits per heavy atom. The van der Waals surface area contributed by atoms with Crippen molar-refractivity contribution in [2.75, 3.05) is 39.3 Å². The van der Waals surface area contributed by atoms with Crippen LogP contribution in [-0.4, -0.2) is 65.2 Å². The molecule has 1 aliphatic rings. The van der Waals surface area contributed by atoms with Crippen LogP contribution in [0.25, 0.3) is 0 Å². The van der Waals surface area contributed by atoms with Crippen LogP contribution in [0.4, 0.5) is 0 Å². The van der Waals surface area contributed by atoms with Crippen LogP contribution in [0.5, 0.6) is 0 Å². The van der Waals surface area contributed by atoms with Gasteiger partial charge >= 0.3 is 0 Å². The largest absolute Gasteiger partial charge is 0.340 e. The lowest BCUT2D eigenvalue weighted by molar-refractivity contribution is -0.130. The third kappa shape index (κ3) is 7.08. The van der Waals surface area contributed by atoms with Crippen molar-refractivity contribution in [1.29, 1.82) is 0 Å². The molecule has 0 spiro atoms. The maximum Gasteiger partial charge on any atom is 0.219 e. The van der Waals surface area contributed by atoms with Crippen molar-refractivity contribution in [2.45, 2.75) is 54.0 Å². The average molecular weight is 364 g/mol. The normalized spacial score (nSPS) is 16.5. The number of H-pyrrole nitrogens is 1. The Morgan fingerprint density at radius 3 is 2.62 bits per heavy atom. The summed E-state index contributed by atoms with van der Waals surface area (Å²) in [5, 5.41) is 11.1. The van der Waals surface area contributed by atoms with Crippen LogP contribution in [0.3, 0.4) is 0 Å². The van der Waals surface area contributed by atoms with E-state index in [9.17, 15) is 4.79 Å².